The van der Waals surface area contributed by atoms with Gasteiger partial charge in [-0.15, -0.1) is 0 Å². The van der Waals surface area contributed by atoms with Crippen molar-refractivity contribution < 1.29 is 12.6 Å². The van der Waals surface area contributed by atoms with Crippen LogP contribution < -0.4 is 0 Å². The molecule has 2 unspecified atom stereocenters. The standard InChI is InChI=1S/C13H17NO3S/c1-9(2)14-13-11-7-5-4-6-10(11)8-12(13)17-18(3,15)16/h4-7,12-13H,8H2,1-3H3. The molecule has 2 rings (SSSR count). The van der Waals surface area contributed by atoms with E-state index in [-0.39, 0.29) is 6.04 Å². The van der Waals surface area contributed by atoms with E-state index >= 15 is 0 Å². The highest BCUT2D eigenvalue weighted by molar-refractivity contribution is 7.86. The van der Waals surface area contributed by atoms with Gasteiger partial charge in [-0.05, 0) is 25.0 Å². The Labute approximate surface area is 108 Å². The Morgan fingerprint density at radius 2 is 2.00 bits per heavy atom. The van der Waals surface area contributed by atoms with Gasteiger partial charge in [0.1, 0.15) is 12.1 Å². The molecule has 1 aromatic carbocycles. The van der Waals surface area contributed by atoms with E-state index in [1.807, 2.05) is 38.1 Å². The molecule has 0 radical (unpaired) electrons. The van der Waals surface area contributed by atoms with Gasteiger partial charge in [0.2, 0.25) is 0 Å². The summed E-state index contributed by atoms with van der Waals surface area (Å²) < 4.78 is 27.8. The Morgan fingerprint density at radius 1 is 1.33 bits per heavy atom. The molecule has 18 heavy (non-hydrogen) atoms. The average Bonchev–Trinajstić information content (AvgIpc) is 2.54. The van der Waals surface area contributed by atoms with Gasteiger partial charge in [-0.25, -0.2) is 0 Å². The molecule has 0 spiro atoms. The van der Waals surface area contributed by atoms with Crippen molar-refractivity contribution in [3.8, 4) is 0 Å². The molecule has 1 aliphatic carbocycles. The van der Waals surface area contributed by atoms with Gasteiger partial charge in [0.15, 0.2) is 0 Å². The summed E-state index contributed by atoms with van der Waals surface area (Å²) in [6.07, 6.45) is 1.24. The van der Waals surface area contributed by atoms with Crippen LogP contribution in [0.4, 0.5) is 0 Å². The van der Waals surface area contributed by atoms with Crippen LogP contribution in [-0.4, -0.2) is 26.5 Å². The predicted molar refractivity (Wildman–Crippen MR) is 71.4 cm³/mol. The van der Waals surface area contributed by atoms with Gasteiger partial charge in [0, 0.05) is 12.1 Å². The maximum Gasteiger partial charge on any atom is 0.264 e. The van der Waals surface area contributed by atoms with E-state index in [4.69, 9.17) is 4.18 Å². The normalized spacial score (nSPS) is 22.6. The second kappa shape index (κ2) is 4.82. The first-order valence-corrected chi connectivity index (χ1v) is 7.65. The zero-order chi connectivity index (χ0) is 13.3. The molecule has 0 saturated carbocycles. The Morgan fingerprint density at radius 3 is 2.61 bits per heavy atom. The van der Waals surface area contributed by atoms with Gasteiger partial charge < -0.3 is 0 Å². The monoisotopic (exact) mass is 267 g/mol. The van der Waals surface area contributed by atoms with Gasteiger partial charge in [-0.3, -0.25) is 9.18 Å². The maximum absolute atomic E-state index is 11.3. The first-order chi connectivity index (χ1) is 8.37. The van der Waals surface area contributed by atoms with Crippen LogP contribution in [0.5, 0.6) is 0 Å². The van der Waals surface area contributed by atoms with Crippen molar-refractivity contribution in [1.82, 2.24) is 0 Å². The van der Waals surface area contributed by atoms with Crippen LogP contribution in [0.3, 0.4) is 0 Å². The predicted octanol–water partition coefficient (Wildman–Crippen LogP) is 2.11. The van der Waals surface area contributed by atoms with Crippen LogP contribution in [0.2, 0.25) is 0 Å². The zero-order valence-corrected chi connectivity index (χ0v) is 11.6. The minimum Gasteiger partial charge on any atom is -0.284 e. The molecule has 0 N–H and O–H groups in total. The Kier molecular flexibility index (Phi) is 3.54. The number of nitrogens with zero attached hydrogens (tertiary/aromatic N) is 1. The first-order valence-electron chi connectivity index (χ1n) is 5.84. The lowest BCUT2D eigenvalue weighted by atomic mass is 10.1. The largest absolute Gasteiger partial charge is 0.284 e. The van der Waals surface area contributed by atoms with Crippen molar-refractivity contribution in [3.05, 3.63) is 35.4 Å². The van der Waals surface area contributed by atoms with Crippen molar-refractivity contribution >= 4 is 15.8 Å². The van der Waals surface area contributed by atoms with E-state index in [2.05, 4.69) is 4.99 Å². The Bertz CT molecular complexity index is 574. The Hall–Kier alpha value is -1.20. The second-order valence-corrected chi connectivity index (χ2v) is 6.36. The molecular formula is C13H17NO3S. The summed E-state index contributed by atoms with van der Waals surface area (Å²) in [5, 5.41) is 0. The Balaban J connectivity index is 2.37. The molecule has 4 nitrogen and oxygen atoms in total. The summed E-state index contributed by atoms with van der Waals surface area (Å²) in [5.74, 6) is 0. The number of benzene rings is 1. The van der Waals surface area contributed by atoms with Crippen LogP contribution in [0, 0.1) is 0 Å². The highest BCUT2D eigenvalue weighted by Crippen LogP contribution is 2.36. The average molecular weight is 267 g/mol. The fourth-order valence-corrected chi connectivity index (χ4v) is 2.90. The molecule has 5 heteroatoms. The molecule has 1 aliphatic rings. The van der Waals surface area contributed by atoms with E-state index in [1.54, 1.807) is 0 Å². The van der Waals surface area contributed by atoms with E-state index in [0.29, 0.717) is 6.42 Å². The third-order valence-corrected chi connectivity index (χ3v) is 3.44. The minimum atomic E-state index is -3.46. The van der Waals surface area contributed by atoms with Crippen LogP contribution in [-0.2, 0) is 20.7 Å². The molecule has 2 atom stereocenters. The van der Waals surface area contributed by atoms with Crippen molar-refractivity contribution in [1.29, 1.82) is 0 Å². The fraction of sp³-hybridized carbons (Fsp3) is 0.462. The summed E-state index contributed by atoms with van der Waals surface area (Å²) in [5.41, 5.74) is 3.09. The van der Waals surface area contributed by atoms with Gasteiger partial charge in [0.05, 0.1) is 6.26 Å². The summed E-state index contributed by atoms with van der Waals surface area (Å²) >= 11 is 0. The van der Waals surface area contributed by atoms with E-state index in [9.17, 15) is 8.42 Å². The van der Waals surface area contributed by atoms with Crippen LogP contribution in [0.15, 0.2) is 29.3 Å². The zero-order valence-electron chi connectivity index (χ0n) is 10.8. The van der Waals surface area contributed by atoms with E-state index in [0.717, 1.165) is 23.1 Å². The molecule has 0 heterocycles. The van der Waals surface area contributed by atoms with Crippen molar-refractivity contribution in [2.45, 2.75) is 32.4 Å². The minimum absolute atomic E-state index is 0.221. The van der Waals surface area contributed by atoms with Crippen LogP contribution in [0.25, 0.3) is 0 Å². The summed E-state index contributed by atoms with van der Waals surface area (Å²) in [6, 6.07) is 7.64. The molecule has 0 fully saturated rings. The number of aliphatic imine (C=N–C) groups is 1. The van der Waals surface area contributed by atoms with Crippen LogP contribution >= 0.6 is 0 Å². The third kappa shape index (κ3) is 2.97. The molecule has 0 bridgehead atoms. The van der Waals surface area contributed by atoms with Gasteiger partial charge in [-0.1, -0.05) is 24.3 Å². The van der Waals surface area contributed by atoms with Crippen molar-refractivity contribution in [3.63, 3.8) is 0 Å². The number of fused-ring (bicyclic) bond motifs is 1. The number of hydrogen-bond acceptors (Lipinski definition) is 4. The quantitative estimate of drug-likeness (QED) is 0.622. The van der Waals surface area contributed by atoms with Crippen molar-refractivity contribution in [2.24, 2.45) is 4.99 Å². The lowest BCUT2D eigenvalue weighted by molar-refractivity contribution is 0.195. The van der Waals surface area contributed by atoms with Crippen LogP contribution in [0.1, 0.15) is 31.0 Å². The maximum atomic E-state index is 11.3. The number of rotatable bonds is 3. The summed E-state index contributed by atoms with van der Waals surface area (Å²) in [6.45, 7) is 3.80. The van der Waals surface area contributed by atoms with E-state index in [1.165, 1.54) is 0 Å². The highest BCUT2D eigenvalue weighted by Gasteiger charge is 2.35. The lowest BCUT2D eigenvalue weighted by Gasteiger charge is -2.16. The van der Waals surface area contributed by atoms with Crippen molar-refractivity contribution in [2.75, 3.05) is 6.26 Å². The molecule has 0 saturated heterocycles. The SMILES string of the molecule is CC(C)=NC1c2ccccc2CC1OS(C)(=O)=O. The molecule has 1 aromatic rings. The highest BCUT2D eigenvalue weighted by atomic mass is 32.2. The fourth-order valence-electron chi connectivity index (χ4n) is 2.28. The van der Waals surface area contributed by atoms with Gasteiger partial charge in [-0.2, -0.15) is 8.42 Å². The molecule has 98 valence electrons. The summed E-state index contributed by atoms with van der Waals surface area (Å²) in [4.78, 5) is 4.51. The van der Waals surface area contributed by atoms with E-state index < -0.39 is 16.2 Å². The third-order valence-electron chi connectivity index (χ3n) is 2.84. The van der Waals surface area contributed by atoms with Gasteiger partial charge >= 0.3 is 0 Å². The molecule has 0 amide bonds. The number of hydrogen-bond donors (Lipinski definition) is 0. The molecule has 0 aromatic heterocycles. The molecule has 0 aliphatic heterocycles. The topological polar surface area (TPSA) is 55.7 Å². The smallest absolute Gasteiger partial charge is 0.264 e. The first kappa shape index (κ1) is 13.2. The molecular weight excluding hydrogens is 250 g/mol. The van der Waals surface area contributed by atoms with Gasteiger partial charge in [0.25, 0.3) is 10.1 Å². The summed E-state index contributed by atoms with van der Waals surface area (Å²) in [7, 11) is -3.46. The second-order valence-electron chi connectivity index (χ2n) is 4.76. The lowest BCUT2D eigenvalue weighted by Crippen LogP contribution is -2.21.